The number of nitrogens with zero attached hydrogens (tertiary/aromatic N) is 3. The molecule has 1 saturated carbocycles. The number of alkyl halides is 2. The molecule has 2 aliphatic heterocycles. The fourth-order valence-corrected chi connectivity index (χ4v) is 7.35. The van der Waals surface area contributed by atoms with Crippen LogP contribution in [0.15, 0.2) is 72.5 Å². The van der Waals surface area contributed by atoms with Crippen LogP contribution in [0.3, 0.4) is 0 Å². The van der Waals surface area contributed by atoms with Crippen molar-refractivity contribution >= 4 is 23.4 Å². The monoisotopic (exact) mass is 617 g/mol. The number of nitriles is 1. The van der Waals surface area contributed by atoms with Crippen LogP contribution in [0, 0.1) is 17.1 Å². The molecule has 2 N–H and O–H groups in total. The Labute approximate surface area is 259 Å². The highest BCUT2D eigenvalue weighted by Crippen LogP contribution is 2.46. The summed E-state index contributed by atoms with van der Waals surface area (Å²) in [6.07, 6.45) is 4.94. The molecule has 2 fully saturated rings. The molecule has 1 saturated heterocycles. The number of hydrogen-bond donors (Lipinski definition) is 2. The molecule has 0 spiro atoms. The van der Waals surface area contributed by atoms with Crippen LogP contribution in [-0.2, 0) is 26.3 Å². The minimum Gasteiger partial charge on any atom is -0.366 e. The van der Waals surface area contributed by atoms with E-state index in [0.717, 1.165) is 5.56 Å². The zero-order valence-electron chi connectivity index (χ0n) is 24.9. The molecule has 8 nitrogen and oxygen atoms in total. The molecule has 11 heteroatoms. The summed E-state index contributed by atoms with van der Waals surface area (Å²) in [5.41, 5.74) is -1.03. The Morgan fingerprint density at radius 2 is 1.82 bits per heavy atom. The molecular formula is C34H34F3N5O3. The van der Waals surface area contributed by atoms with Gasteiger partial charge in [-0.1, -0.05) is 30.3 Å². The van der Waals surface area contributed by atoms with E-state index in [0.29, 0.717) is 17.6 Å². The summed E-state index contributed by atoms with van der Waals surface area (Å²) in [6.45, 7) is 1.69. The highest BCUT2D eigenvalue weighted by atomic mass is 19.3. The number of halogens is 3. The van der Waals surface area contributed by atoms with Gasteiger partial charge in [0, 0.05) is 31.0 Å². The lowest BCUT2D eigenvalue weighted by Crippen LogP contribution is -2.65. The van der Waals surface area contributed by atoms with Gasteiger partial charge in [-0.2, -0.15) is 5.26 Å². The summed E-state index contributed by atoms with van der Waals surface area (Å²) in [5, 5.41) is 15.7. The van der Waals surface area contributed by atoms with Gasteiger partial charge in [0.25, 0.3) is 11.8 Å². The third-order valence-corrected chi connectivity index (χ3v) is 9.52. The standard InChI is InChI=1S/C34H34F3N5O3/c1-32(20-22(21-38)14-18-39-32)42-28(9-10-29(42)43)30(44)41(26-7-4-6-24(35)19-26)34(17-11-23-5-2-3-8-27(23)34)31(45)40-25-12-15-33(36,37)16-13-25/h2-8,14,18-20,25,28,39H,9-13,15-17H2,1H3,(H,40,45)/t28-,32?,34-/m0/s1. The summed E-state index contributed by atoms with van der Waals surface area (Å²) < 4.78 is 42.8. The quantitative estimate of drug-likeness (QED) is 0.477. The number of aryl methyl sites for hydroxylation is 1. The predicted octanol–water partition coefficient (Wildman–Crippen LogP) is 4.97. The Morgan fingerprint density at radius 3 is 2.56 bits per heavy atom. The second-order valence-corrected chi connectivity index (χ2v) is 12.4. The minimum absolute atomic E-state index is 0.0518. The summed E-state index contributed by atoms with van der Waals surface area (Å²) in [7, 11) is 0. The number of nitrogens with one attached hydrogen (secondary N) is 2. The van der Waals surface area contributed by atoms with E-state index in [9.17, 15) is 28.0 Å². The van der Waals surface area contributed by atoms with E-state index in [1.165, 1.54) is 28.0 Å². The molecule has 234 valence electrons. The molecule has 0 bridgehead atoms. The zero-order chi connectivity index (χ0) is 32.0. The van der Waals surface area contributed by atoms with Crippen molar-refractivity contribution in [1.29, 1.82) is 5.26 Å². The number of anilines is 1. The fraction of sp³-hybridized carbons (Fsp3) is 0.412. The van der Waals surface area contributed by atoms with E-state index >= 15 is 4.79 Å². The number of fused-ring (bicyclic) bond motifs is 1. The van der Waals surface area contributed by atoms with Crippen molar-refractivity contribution in [3.63, 3.8) is 0 Å². The first-order chi connectivity index (χ1) is 21.5. The SMILES string of the molecule is CC1(N2C(=O)CC[C@H]2C(=O)N(c2cccc(F)c2)[C@@]2(C(=O)NC3CCC(F)(F)CC3)CCc3ccccc32)C=C(C#N)C=CN1. The van der Waals surface area contributed by atoms with Gasteiger partial charge in [0.1, 0.15) is 17.5 Å². The second kappa shape index (κ2) is 11.4. The van der Waals surface area contributed by atoms with Gasteiger partial charge in [-0.15, -0.1) is 0 Å². The van der Waals surface area contributed by atoms with Crippen molar-refractivity contribution < 1.29 is 27.6 Å². The third kappa shape index (κ3) is 5.36. The lowest BCUT2D eigenvalue weighted by Gasteiger charge is -2.46. The Hall–Kier alpha value is -4.59. The molecule has 45 heavy (non-hydrogen) atoms. The smallest absolute Gasteiger partial charge is 0.251 e. The number of benzene rings is 2. The maximum absolute atomic E-state index is 15.0. The maximum atomic E-state index is 15.0. The highest BCUT2D eigenvalue weighted by Gasteiger charge is 2.57. The van der Waals surface area contributed by atoms with Gasteiger partial charge in [0.2, 0.25) is 11.8 Å². The van der Waals surface area contributed by atoms with E-state index < -0.39 is 46.8 Å². The van der Waals surface area contributed by atoms with E-state index in [2.05, 4.69) is 16.7 Å². The topological polar surface area (TPSA) is 106 Å². The average molecular weight is 618 g/mol. The number of carbonyl (C=O) groups excluding carboxylic acids is 3. The zero-order valence-corrected chi connectivity index (χ0v) is 24.9. The molecular weight excluding hydrogens is 583 g/mol. The largest absolute Gasteiger partial charge is 0.366 e. The summed E-state index contributed by atoms with van der Waals surface area (Å²) >= 11 is 0. The molecule has 6 rings (SSSR count). The van der Waals surface area contributed by atoms with Crippen molar-refractivity contribution in [2.75, 3.05) is 4.90 Å². The first kappa shape index (κ1) is 30.4. The van der Waals surface area contributed by atoms with Gasteiger partial charge < -0.3 is 15.5 Å². The molecule has 0 radical (unpaired) electrons. The van der Waals surface area contributed by atoms with E-state index in [4.69, 9.17) is 0 Å². The van der Waals surface area contributed by atoms with Crippen molar-refractivity contribution in [2.45, 2.75) is 87.5 Å². The molecule has 3 amide bonds. The number of carbonyl (C=O) groups is 3. The molecule has 2 heterocycles. The third-order valence-electron chi connectivity index (χ3n) is 9.52. The van der Waals surface area contributed by atoms with E-state index in [1.807, 2.05) is 12.1 Å². The van der Waals surface area contributed by atoms with E-state index in [-0.39, 0.29) is 56.5 Å². The summed E-state index contributed by atoms with van der Waals surface area (Å²) in [4.78, 5) is 45.8. The average Bonchev–Trinajstić information content (AvgIpc) is 3.60. The number of hydrogen-bond acceptors (Lipinski definition) is 5. The molecule has 3 atom stereocenters. The first-order valence-corrected chi connectivity index (χ1v) is 15.2. The van der Waals surface area contributed by atoms with Crippen molar-refractivity contribution in [2.24, 2.45) is 0 Å². The van der Waals surface area contributed by atoms with Crippen molar-refractivity contribution in [3.05, 3.63) is 89.4 Å². The second-order valence-electron chi connectivity index (χ2n) is 12.4. The van der Waals surface area contributed by atoms with Crippen LogP contribution in [0.5, 0.6) is 0 Å². The van der Waals surface area contributed by atoms with Crippen LogP contribution < -0.4 is 15.5 Å². The number of likely N-dealkylation sites (tertiary alicyclic amines) is 1. The molecule has 2 aromatic rings. The summed E-state index contributed by atoms with van der Waals surface area (Å²) in [6, 6.07) is 13.2. The van der Waals surface area contributed by atoms with Gasteiger partial charge in [-0.3, -0.25) is 19.3 Å². The van der Waals surface area contributed by atoms with Crippen LogP contribution in [0.1, 0.15) is 63.0 Å². The minimum atomic E-state index is -2.79. The van der Waals surface area contributed by atoms with Crippen molar-refractivity contribution in [1.82, 2.24) is 15.5 Å². The Kier molecular flexibility index (Phi) is 7.71. The van der Waals surface area contributed by atoms with Gasteiger partial charge in [-0.05, 0) is 86.7 Å². The summed E-state index contributed by atoms with van der Waals surface area (Å²) in [5.74, 6) is -4.85. The number of dihydropyridines is 1. The Bertz CT molecular complexity index is 1640. The maximum Gasteiger partial charge on any atom is 0.251 e. The highest BCUT2D eigenvalue weighted by molar-refractivity contribution is 6.08. The first-order valence-electron chi connectivity index (χ1n) is 15.2. The molecule has 2 aliphatic carbocycles. The molecule has 4 aliphatic rings. The molecule has 1 unspecified atom stereocenters. The van der Waals surface area contributed by atoms with Crippen LogP contribution in [0.4, 0.5) is 18.9 Å². The lowest BCUT2D eigenvalue weighted by atomic mass is 9.85. The molecule has 0 aromatic heterocycles. The van der Waals surface area contributed by atoms with Gasteiger partial charge in [-0.25, -0.2) is 13.2 Å². The normalized spacial score (nSPS) is 27.3. The Balaban J connectivity index is 1.47. The van der Waals surface area contributed by atoms with E-state index in [1.54, 1.807) is 43.5 Å². The number of rotatable bonds is 6. The fourth-order valence-electron chi connectivity index (χ4n) is 7.35. The molecule has 2 aromatic carbocycles. The van der Waals surface area contributed by atoms with Crippen LogP contribution in [-0.4, -0.2) is 46.3 Å². The van der Waals surface area contributed by atoms with Crippen LogP contribution >= 0.6 is 0 Å². The van der Waals surface area contributed by atoms with Gasteiger partial charge in [0.15, 0.2) is 5.54 Å². The van der Waals surface area contributed by atoms with Gasteiger partial charge in [0.05, 0.1) is 11.6 Å². The van der Waals surface area contributed by atoms with Crippen LogP contribution in [0.2, 0.25) is 0 Å². The number of amides is 3. The van der Waals surface area contributed by atoms with Gasteiger partial charge >= 0.3 is 0 Å². The van der Waals surface area contributed by atoms with Crippen molar-refractivity contribution in [3.8, 4) is 6.07 Å². The lowest BCUT2D eigenvalue weighted by molar-refractivity contribution is -0.141. The van der Waals surface area contributed by atoms with Crippen LogP contribution in [0.25, 0.3) is 0 Å². The Morgan fingerprint density at radius 1 is 1.07 bits per heavy atom. The predicted molar refractivity (Wildman–Crippen MR) is 160 cm³/mol. The number of allylic oxidation sites excluding steroid dienone is 2.